The molecule has 0 N–H and O–H groups in total. The summed E-state index contributed by atoms with van der Waals surface area (Å²) < 4.78 is 1.87. The normalized spacial score (nSPS) is 11.2. The predicted octanol–water partition coefficient (Wildman–Crippen LogP) is 3.17. The van der Waals surface area contributed by atoms with Gasteiger partial charge in [0.25, 0.3) is 0 Å². The van der Waals surface area contributed by atoms with E-state index in [-0.39, 0.29) is 5.78 Å². The van der Waals surface area contributed by atoms with Crippen LogP contribution in [0.5, 0.6) is 0 Å². The minimum atomic E-state index is 0.0450. The molecule has 0 bridgehead atoms. The molecule has 17 heavy (non-hydrogen) atoms. The molecule has 2 heterocycles. The highest BCUT2D eigenvalue weighted by atomic mass is 32.1. The van der Waals surface area contributed by atoms with Gasteiger partial charge in [-0.1, -0.05) is 6.07 Å². The summed E-state index contributed by atoms with van der Waals surface area (Å²) in [4.78, 5) is 12.5. The maximum atomic E-state index is 11.8. The molecule has 2 aromatic heterocycles. The number of carbonyl (C=O) groups excluding carboxylic acids is 1. The summed E-state index contributed by atoms with van der Waals surface area (Å²) in [6.07, 6.45) is 5.39. The minimum absolute atomic E-state index is 0.0450. The number of aromatic nitrogens is 2. The highest BCUT2D eigenvalue weighted by Gasteiger charge is 2.04. The van der Waals surface area contributed by atoms with Crippen molar-refractivity contribution >= 4 is 23.2 Å². The second-order valence-corrected chi connectivity index (χ2v) is 4.65. The monoisotopic (exact) mass is 246 g/mol. The number of allylic oxidation sites excluding steroid dienone is 1. The lowest BCUT2D eigenvalue weighted by Crippen LogP contribution is -1.93. The van der Waals surface area contributed by atoms with E-state index < -0.39 is 0 Å². The second-order valence-electron chi connectivity index (χ2n) is 3.70. The molecule has 0 aliphatic carbocycles. The highest BCUT2D eigenvalue weighted by Crippen LogP contribution is 2.12. The molecule has 3 nitrogen and oxygen atoms in total. The summed E-state index contributed by atoms with van der Waals surface area (Å²) in [5, 5.41) is 6.23. The number of ketones is 1. The van der Waals surface area contributed by atoms with Crippen LogP contribution in [0.1, 0.15) is 27.9 Å². The molecule has 2 aromatic rings. The number of nitrogens with zero attached hydrogens (tertiary/aromatic N) is 2. The zero-order valence-electron chi connectivity index (χ0n) is 9.88. The molecule has 0 saturated carbocycles. The van der Waals surface area contributed by atoms with Crippen molar-refractivity contribution < 1.29 is 4.79 Å². The van der Waals surface area contributed by atoms with Gasteiger partial charge in [-0.3, -0.25) is 9.48 Å². The van der Waals surface area contributed by atoms with E-state index in [2.05, 4.69) is 5.10 Å². The van der Waals surface area contributed by atoms with Gasteiger partial charge in [0, 0.05) is 18.3 Å². The Morgan fingerprint density at radius 1 is 1.59 bits per heavy atom. The van der Waals surface area contributed by atoms with Crippen molar-refractivity contribution in [2.45, 2.75) is 20.4 Å². The average Bonchev–Trinajstić information content (AvgIpc) is 2.95. The van der Waals surface area contributed by atoms with Crippen LogP contribution in [0.4, 0.5) is 0 Å². The first kappa shape index (κ1) is 11.8. The van der Waals surface area contributed by atoms with E-state index in [0.717, 1.165) is 22.7 Å². The fourth-order valence-electron chi connectivity index (χ4n) is 1.53. The quantitative estimate of drug-likeness (QED) is 0.613. The Morgan fingerprint density at radius 3 is 3.00 bits per heavy atom. The van der Waals surface area contributed by atoms with Gasteiger partial charge in [-0.05, 0) is 37.4 Å². The molecule has 0 aliphatic heterocycles. The van der Waals surface area contributed by atoms with E-state index in [9.17, 15) is 4.79 Å². The molecule has 4 heteroatoms. The lowest BCUT2D eigenvalue weighted by Gasteiger charge is -1.89. The van der Waals surface area contributed by atoms with Gasteiger partial charge in [-0.25, -0.2) is 0 Å². The third-order valence-electron chi connectivity index (χ3n) is 2.49. The van der Waals surface area contributed by atoms with Gasteiger partial charge >= 0.3 is 0 Å². The van der Waals surface area contributed by atoms with E-state index in [4.69, 9.17) is 0 Å². The molecule has 0 aromatic carbocycles. The van der Waals surface area contributed by atoms with Gasteiger partial charge in [0.15, 0.2) is 5.78 Å². The Bertz CT molecular complexity index is 538. The van der Waals surface area contributed by atoms with Crippen LogP contribution in [0.2, 0.25) is 0 Å². The van der Waals surface area contributed by atoms with Gasteiger partial charge in [-0.15, -0.1) is 11.3 Å². The van der Waals surface area contributed by atoms with Gasteiger partial charge in [0.2, 0.25) is 0 Å². The molecule has 0 aliphatic rings. The van der Waals surface area contributed by atoms with Gasteiger partial charge in [-0.2, -0.15) is 5.10 Å². The molecular formula is C13H14N2OS. The van der Waals surface area contributed by atoms with Crippen LogP contribution in [0.15, 0.2) is 29.8 Å². The zero-order valence-corrected chi connectivity index (χ0v) is 10.7. The van der Waals surface area contributed by atoms with E-state index >= 15 is 0 Å². The summed E-state index contributed by atoms with van der Waals surface area (Å²) >= 11 is 1.46. The van der Waals surface area contributed by atoms with E-state index in [0.29, 0.717) is 0 Å². The number of aryl methyl sites for hydroxylation is 2. The van der Waals surface area contributed by atoms with Crippen LogP contribution >= 0.6 is 11.3 Å². The Labute approximate surface area is 104 Å². The molecule has 0 fully saturated rings. The topological polar surface area (TPSA) is 34.9 Å². The average molecular weight is 246 g/mol. The lowest BCUT2D eigenvalue weighted by atomic mass is 10.2. The zero-order chi connectivity index (χ0) is 12.3. The first-order chi connectivity index (χ1) is 8.20. The standard InChI is InChI=1S/C13H14N2OS/c1-3-15-9-11(10(2)14-15)6-7-12(16)13-5-4-8-17-13/h4-9H,3H2,1-2H3/b7-6+. The highest BCUT2D eigenvalue weighted by molar-refractivity contribution is 7.12. The molecule has 2 rings (SSSR count). The maximum Gasteiger partial charge on any atom is 0.195 e. The van der Waals surface area contributed by atoms with Crippen LogP contribution in [0.3, 0.4) is 0 Å². The maximum absolute atomic E-state index is 11.8. The Balaban J connectivity index is 2.15. The van der Waals surface area contributed by atoms with E-state index in [1.807, 2.05) is 48.3 Å². The van der Waals surface area contributed by atoms with Crippen molar-refractivity contribution in [2.75, 3.05) is 0 Å². The summed E-state index contributed by atoms with van der Waals surface area (Å²) in [7, 11) is 0. The van der Waals surface area contributed by atoms with Crippen molar-refractivity contribution in [3.05, 3.63) is 45.9 Å². The molecule has 0 unspecified atom stereocenters. The Hall–Kier alpha value is -1.68. The number of carbonyl (C=O) groups is 1. The van der Waals surface area contributed by atoms with E-state index in [1.165, 1.54) is 11.3 Å². The van der Waals surface area contributed by atoms with E-state index in [1.54, 1.807) is 6.08 Å². The molecule has 0 amide bonds. The van der Waals surface area contributed by atoms with Gasteiger partial charge in [0.1, 0.15) is 0 Å². The third kappa shape index (κ3) is 2.71. The Kier molecular flexibility index (Phi) is 3.54. The summed E-state index contributed by atoms with van der Waals surface area (Å²) in [5.41, 5.74) is 1.94. The first-order valence-corrected chi connectivity index (χ1v) is 6.38. The molecule has 0 spiro atoms. The van der Waals surface area contributed by atoms with Crippen LogP contribution in [-0.4, -0.2) is 15.6 Å². The number of thiophene rings is 1. The summed E-state index contributed by atoms with van der Waals surface area (Å²) in [5.74, 6) is 0.0450. The molecule has 88 valence electrons. The molecule has 0 radical (unpaired) electrons. The molecule has 0 atom stereocenters. The third-order valence-corrected chi connectivity index (χ3v) is 3.37. The van der Waals surface area contributed by atoms with Crippen molar-refractivity contribution in [1.29, 1.82) is 0 Å². The fraction of sp³-hybridized carbons (Fsp3) is 0.231. The summed E-state index contributed by atoms with van der Waals surface area (Å²) in [6, 6.07) is 3.71. The first-order valence-electron chi connectivity index (χ1n) is 5.50. The van der Waals surface area contributed by atoms with Crippen molar-refractivity contribution in [1.82, 2.24) is 9.78 Å². The summed E-state index contributed by atoms with van der Waals surface area (Å²) in [6.45, 7) is 4.83. The second kappa shape index (κ2) is 5.10. The van der Waals surface area contributed by atoms with Crippen molar-refractivity contribution in [3.63, 3.8) is 0 Å². The van der Waals surface area contributed by atoms with Crippen LogP contribution in [0.25, 0.3) is 6.08 Å². The SMILES string of the molecule is CCn1cc(/C=C/C(=O)c2cccs2)c(C)n1. The Morgan fingerprint density at radius 2 is 2.41 bits per heavy atom. The number of hydrogen-bond donors (Lipinski definition) is 0. The van der Waals surface area contributed by atoms with Gasteiger partial charge < -0.3 is 0 Å². The van der Waals surface area contributed by atoms with Gasteiger partial charge in [0.05, 0.1) is 10.6 Å². The molecule has 0 saturated heterocycles. The lowest BCUT2D eigenvalue weighted by molar-refractivity contribution is 0.105. The molecular weight excluding hydrogens is 232 g/mol. The largest absolute Gasteiger partial charge is 0.288 e. The minimum Gasteiger partial charge on any atom is -0.288 e. The number of hydrogen-bond acceptors (Lipinski definition) is 3. The van der Waals surface area contributed by atoms with Crippen LogP contribution in [0, 0.1) is 6.92 Å². The number of rotatable bonds is 4. The fourth-order valence-corrected chi connectivity index (χ4v) is 2.17. The van der Waals surface area contributed by atoms with Crippen molar-refractivity contribution in [3.8, 4) is 0 Å². The van der Waals surface area contributed by atoms with Crippen molar-refractivity contribution in [2.24, 2.45) is 0 Å². The van der Waals surface area contributed by atoms with Crippen LogP contribution < -0.4 is 0 Å². The van der Waals surface area contributed by atoms with Crippen LogP contribution in [-0.2, 0) is 6.54 Å². The smallest absolute Gasteiger partial charge is 0.195 e. The predicted molar refractivity (Wildman–Crippen MR) is 70.3 cm³/mol.